The van der Waals surface area contributed by atoms with Crippen LogP contribution in [0.5, 0.6) is 0 Å². The fourth-order valence-corrected chi connectivity index (χ4v) is 2.98. The predicted molar refractivity (Wildman–Crippen MR) is 92.2 cm³/mol. The van der Waals surface area contributed by atoms with Gasteiger partial charge in [-0.2, -0.15) is 18.3 Å². The normalized spacial score (nSPS) is 16.9. The van der Waals surface area contributed by atoms with Crippen molar-refractivity contribution >= 4 is 24.3 Å². The number of carbonyl (C=O) groups excluding carboxylic acids is 1. The van der Waals surface area contributed by atoms with E-state index in [1.807, 2.05) is 0 Å². The summed E-state index contributed by atoms with van der Waals surface area (Å²) in [5.41, 5.74) is -0.677. The van der Waals surface area contributed by atoms with E-state index in [0.717, 1.165) is 16.7 Å². The topological polar surface area (TPSA) is 75.4 Å². The molecule has 1 aliphatic rings. The van der Waals surface area contributed by atoms with Crippen LogP contribution in [0.2, 0.25) is 0 Å². The van der Waals surface area contributed by atoms with E-state index in [1.165, 1.54) is 12.1 Å². The third kappa shape index (κ3) is 4.08. The van der Waals surface area contributed by atoms with E-state index in [2.05, 4.69) is 5.10 Å². The number of carboxylic acids is 1. The Morgan fingerprint density at radius 3 is 2.37 bits per heavy atom. The Hall–Kier alpha value is -2.55. The number of hydrogen-bond acceptors (Lipinski definition) is 3. The molecule has 3 rings (SSSR count). The van der Waals surface area contributed by atoms with Crippen LogP contribution in [0.25, 0.3) is 5.69 Å². The Balaban J connectivity index is 0.00000261. The minimum atomic E-state index is -4.79. The smallest absolute Gasteiger partial charge is 0.434 e. The molecule has 0 radical (unpaired) electrons. The van der Waals surface area contributed by atoms with Gasteiger partial charge in [-0.15, -0.1) is 12.4 Å². The molecule has 0 spiro atoms. The maximum Gasteiger partial charge on any atom is 0.434 e. The van der Waals surface area contributed by atoms with Gasteiger partial charge in [0.15, 0.2) is 5.69 Å². The molecule has 27 heavy (non-hydrogen) atoms. The number of aryl methyl sites for hydroxylation is 1. The molecule has 0 saturated carbocycles. The largest absolute Gasteiger partial charge is 0.481 e. The third-order valence-corrected chi connectivity index (χ3v) is 4.37. The zero-order chi connectivity index (χ0) is 19.1. The van der Waals surface area contributed by atoms with Gasteiger partial charge in [-0.1, -0.05) is 17.7 Å². The van der Waals surface area contributed by atoms with Crippen molar-refractivity contribution in [1.29, 1.82) is 0 Å². The summed E-state index contributed by atoms with van der Waals surface area (Å²) in [5, 5.41) is 12.8. The molecule has 2 heterocycles. The van der Waals surface area contributed by atoms with Crippen molar-refractivity contribution in [1.82, 2.24) is 14.7 Å². The van der Waals surface area contributed by atoms with Gasteiger partial charge < -0.3 is 10.0 Å². The second kappa shape index (κ2) is 7.59. The molecular formula is C17H17ClF3N3O3. The van der Waals surface area contributed by atoms with E-state index in [4.69, 9.17) is 5.11 Å². The lowest BCUT2D eigenvalue weighted by atomic mass is 10.1. The molecule has 1 aliphatic heterocycles. The molecule has 146 valence electrons. The van der Waals surface area contributed by atoms with Gasteiger partial charge in [-0.25, -0.2) is 4.68 Å². The van der Waals surface area contributed by atoms with E-state index in [1.54, 1.807) is 19.1 Å². The lowest BCUT2D eigenvalue weighted by molar-refractivity contribution is -0.143. The molecule has 0 aliphatic carbocycles. The number of carbonyl (C=O) groups is 2. The molecule has 1 unspecified atom stereocenters. The fourth-order valence-electron chi connectivity index (χ4n) is 2.98. The highest BCUT2D eigenvalue weighted by atomic mass is 35.5. The Labute approximate surface area is 159 Å². The number of aliphatic carboxylic acids is 1. The van der Waals surface area contributed by atoms with Crippen LogP contribution in [-0.4, -0.2) is 44.8 Å². The van der Waals surface area contributed by atoms with E-state index >= 15 is 0 Å². The van der Waals surface area contributed by atoms with E-state index in [0.29, 0.717) is 4.68 Å². The highest BCUT2D eigenvalue weighted by molar-refractivity contribution is 5.96. The van der Waals surface area contributed by atoms with Gasteiger partial charge in [0.25, 0.3) is 5.91 Å². The van der Waals surface area contributed by atoms with Crippen molar-refractivity contribution in [2.45, 2.75) is 19.5 Å². The summed E-state index contributed by atoms with van der Waals surface area (Å²) in [5.74, 6) is -2.69. The van der Waals surface area contributed by atoms with Crippen LogP contribution in [-0.2, 0) is 11.0 Å². The number of likely N-dealkylation sites (tertiary alicyclic amines) is 1. The van der Waals surface area contributed by atoms with Crippen molar-refractivity contribution in [3.8, 4) is 5.69 Å². The van der Waals surface area contributed by atoms with Crippen LogP contribution < -0.4 is 0 Å². The monoisotopic (exact) mass is 403 g/mol. The first-order chi connectivity index (χ1) is 12.2. The highest BCUT2D eigenvalue weighted by Crippen LogP contribution is 2.34. The molecule has 2 aromatic rings. The zero-order valence-corrected chi connectivity index (χ0v) is 15.0. The lowest BCUT2D eigenvalue weighted by Crippen LogP contribution is -2.31. The van der Waals surface area contributed by atoms with Crippen molar-refractivity contribution < 1.29 is 27.9 Å². The van der Waals surface area contributed by atoms with Crippen LogP contribution in [0.3, 0.4) is 0 Å². The first kappa shape index (κ1) is 20.8. The van der Waals surface area contributed by atoms with Crippen molar-refractivity contribution in [3.05, 3.63) is 47.3 Å². The van der Waals surface area contributed by atoms with Gasteiger partial charge in [-0.05, 0) is 25.5 Å². The molecule has 1 amide bonds. The van der Waals surface area contributed by atoms with E-state index < -0.39 is 35.2 Å². The van der Waals surface area contributed by atoms with Gasteiger partial charge in [-0.3, -0.25) is 9.59 Å². The number of hydrogen-bond donors (Lipinski definition) is 1. The minimum absolute atomic E-state index is 0. The molecule has 10 heteroatoms. The number of halogens is 4. The number of aromatic nitrogens is 2. The van der Waals surface area contributed by atoms with Crippen molar-refractivity contribution in [2.24, 2.45) is 5.92 Å². The molecule has 1 saturated heterocycles. The second-order valence-electron chi connectivity index (χ2n) is 6.23. The zero-order valence-electron chi connectivity index (χ0n) is 14.2. The first-order valence-electron chi connectivity index (χ1n) is 7.93. The summed E-state index contributed by atoms with van der Waals surface area (Å²) >= 11 is 0. The van der Waals surface area contributed by atoms with Crippen molar-refractivity contribution in [3.63, 3.8) is 0 Å². The number of alkyl halides is 3. The summed E-state index contributed by atoms with van der Waals surface area (Å²) in [4.78, 5) is 24.7. The summed E-state index contributed by atoms with van der Waals surface area (Å²) < 4.78 is 41.6. The number of nitrogens with zero attached hydrogens (tertiary/aromatic N) is 3. The molecule has 1 aromatic heterocycles. The second-order valence-corrected chi connectivity index (χ2v) is 6.23. The molecule has 1 N–H and O–H groups in total. The molecule has 6 nitrogen and oxygen atoms in total. The lowest BCUT2D eigenvalue weighted by Gasteiger charge is -2.17. The van der Waals surface area contributed by atoms with Gasteiger partial charge in [0.1, 0.15) is 0 Å². The summed E-state index contributed by atoms with van der Waals surface area (Å²) in [7, 11) is 0. The van der Waals surface area contributed by atoms with E-state index in [-0.39, 0.29) is 37.6 Å². The van der Waals surface area contributed by atoms with Crippen molar-refractivity contribution in [2.75, 3.05) is 13.1 Å². The number of rotatable bonds is 3. The Bertz CT molecular complexity index is 849. The summed E-state index contributed by atoms with van der Waals surface area (Å²) in [6, 6.07) is 6.28. The minimum Gasteiger partial charge on any atom is -0.481 e. The average Bonchev–Trinajstić information content (AvgIpc) is 3.22. The average molecular weight is 404 g/mol. The Kier molecular flexibility index (Phi) is 5.84. The van der Waals surface area contributed by atoms with E-state index in [9.17, 15) is 22.8 Å². The van der Waals surface area contributed by atoms with Crippen LogP contribution in [0.4, 0.5) is 13.2 Å². The van der Waals surface area contributed by atoms with Crippen LogP contribution in [0.15, 0.2) is 30.5 Å². The maximum atomic E-state index is 13.6. The maximum absolute atomic E-state index is 13.6. The Morgan fingerprint density at radius 1 is 1.22 bits per heavy atom. The fraction of sp³-hybridized carbons (Fsp3) is 0.353. The van der Waals surface area contributed by atoms with Gasteiger partial charge in [0.05, 0.1) is 23.4 Å². The molecule has 1 atom stereocenters. The molecular weight excluding hydrogens is 387 g/mol. The first-order valence-corrected chi connectivity index (χ1v) is 7.93. The summed E-state index contributed by atoms with van der Waals surface area (Å²) in [6.07, 6.45) is -3.69. The Morgan fingerprint density at radius 2 is 1.85 bits per heavy atom. The molecule has 1 fully saturated rings. The summed E-state index contributed by atoms with van der Waals surface area (Å²) in [6.45, 7) is 1.79. The van der Waals surface area contributed by atoms with Gasteiger partial charge in [0.2, 0.25) is 0 Å². The number of amides is 1. The number of benzene rings is 1. The van der Waals surface area contributed by atoms with Gasteiger partial charge in [0, 0.05) is 13.1 Å². The van der Waals surface area contributed by atoms with Crippen LogP contribution >= 0.6 is 12.4 Å². The SMILES string of the molecule is Cc1ccc(-n2ncc(C(=O)N3CCC(C(=O)O)C3)c2C(F)(F)F)cc1.Cl. The highest BCUT2D eigenvalue weighted by Gasteiger charge is 2.42. The standard InChI is InChI=1S/C17H16F3N3O3.ClH/c1-10-2-4-12(5-3-10)23-14(17(18,19)20)13(8-21-23)15(24)22-7-6-11(9-22)16(25)26;/h2-5,8,11H,6-7,9H2,1H3,(H,25,26);1H. The number of carboxylic acid groups (broad SMARTS) is 1. The molecule has 1 aromatic carbocycles. The van der Waals surface area contributed by atoms with Crippen LogP contribution in [0.1, 0.15) is 28.0 Å². The third-order valence-electron chi connectivity index (χ3n) is 4.37. The predicted octanol–water partition coefficient (Wildman–Crippen LogP) is 3.17. The van der Waals surface area contributed by atoms with Crippen LogP contribution in [0, 0.1) is 12.8 Å². The molecule has 0 bridgehead atoms. The van der Waals surface area contributed by atoms with Gasteiger partial charge >= 0.3 is 12.1 Å². The quantitative estimate of drug-likeness (QED) is 0.854.